The highest BCUT2D eigenvalue weighted by atomic mass is 32.2. The third-order valence-corrected chi connectivity index (χ3v) is 4.74. The van der Waals surface area contributed by atoms with Gasteiger partial charge in [0.1, 0.15) is 10.6 Å². The van der Waals surface area contributed by atoms with Crippen molar-refractivity contribution < 1.29 is 18.3 Å². The van der Waals surface area contributed by atoms with E-state index in [-0.39, 0.29) is 17.0 Å². The highest BCUT2D eigenvalue weighted by molar-refractivity contribution is 7.92. The molecule has 2 N–H and O–H groups in total. The van der Waals surface area contributed by atoms with Gasteiger partial charge in [-0.05, 0) is 47.8 Å². The molecule has 0 bridgehead atoms. The van der Waals surface area contributed by atoms with Crippen molar-refractivity contribution in [3.05, 3.63) is 59.0 Å². The maximum absolute atomic E-state index is 12.3. The summed E-state index contributed by atoms with van der Waals surface area (Å²) in [4.78, 5) is 21.0. The topological polar surface area (TPSA) is 113 Å². The summed E-state index contributed by atoms with van der Waals surface area (Å²) >= 11 is 0. The Kier molecular flexibility index (Phi) is 5.64. The predicted octanol–water partition coefficient (Wildman–Crippen LogP) is 3.29. The van der Waals surface area contributed by atoms with Crippen LogP contribution in [0.2, 0.25) is 0 Å². The minimum atomic E-state index is -3.92. The molecule has 0 heterocycles. The van der Waals surface area contributed by atoms with E-state index in [4.69, 9.17) is 5.11 Å². The van der Waals surface area contributed by atoms with Gasteiger partial charge in [-0.15, -0.1) is 4.91 Å². The van der Waals surface area contributed by atoms with Gasteiger partial charge in [0.2, 0.25) is 0 Å². The number of nitroso groups, excluding NO2 is 1. The zero-order valence-electron chi connectivity index (χ0n) is 12.7. The number of carboxylic acids is 1. The Morgan fingerprint density at radius 2 is 1.75 bits per heavy atom. The molecular formula is C16H16N2O5S. The molecular weight excluding hydrogens is 332 g/mol. The van der Waals surface area contributed by atoms with E-state index >= 15 is 0 Å². The third-order valence-electron chi connectivity index (χ3n) is 3.32. The molecule has 0 atom stereocenters. The Morgan fingerprint density at radius 3 is 2.38 bits per heavy atom. The lowest BCUT2D eigenvalue weighted by Crippen LogP contribution is -2.13. The molecule has 0 fully saturated rings. The van der Waals surface area contributed by atoms with Crippen molar-refractivity contribution in [2.75, 3.05) is 4.72 Å². The molecule has 2 aromatic carbocycles. The maximum Gasteiger partial charge on any atom is 0.303 e. The number of nitrogens with one attached hydrogen (secondary N) is 1. The van der Waals surface area contributed by atoms with E-state index in [0.29, 0.717) is 18.5 Å². The van der Waals surface area contributed by atoms with E-state index < -0.39 is 16.0 Å². The standard InChI is InChI=1S/C16H16N2O5S/c19-16(20)7-3-4-12-8-10-13(11-9-12)18-24(22,23)15-6-2-1-5-14(15)17-21/h1-2,5-6,8-11,18H,3-4,7H2,(H,19,20). The van der Waals surface area contributed by atoms with Crippen LogP contribution in [0.1, 0.15) is 18.4 Å². The predicted molar refractivity (Wildman–Crippen MR) is 89.7 cm³/mol. The fourth-order valence-electron chi connectivity index (χ4n) is 2.15. The maximum atomic E-state index is 12.3. The first-order valence-corrected chi connectivity index (χ1v) is 8.66. The number of aliphatic carboxylic acids is 1. The van der Waals surface area contributed by atoms with E-state index in [1.807, 2.05) is 0 Å². The molecule has 2 rings (SSSR count). The first-order chi connectivity index (χ1) is 11.4. The zero-order valence-corrected chi connectivity index (χ0v) is 13.5. The van der Waals surface area contributed by atoms with Crippen LogP contribution in [0.3, 0.4) is 0 Å². The van der Waals surface area contributed by atoms with E-state index in [1.54, 1.807) is 24.3 Å². The smallest absolute Gasteiger partial charge is 0.303 e. The zero-order chi connectivity index (χ0) is 17.6. The molecule has 126 valence electrons. The molecule has 0 aliphatic carbocycles. The second-order valence-electron chi connectivity index (χ2n) is 5.11. The van der Waals surface area contributed by atoms with Gasteiger partial charge >= 0.3 is 5.97 Å². The normalized spacial score (nSPS) is 11.0. The van der Waals surface area contributed by atoms with E-state index in [9.17, 15) is 18.1 Å². The average molecular weight is 348 g/mol. The number of aryl methyl sites for hydroxylation is 1. The number of hydrogen-bond acceptors (Lipinski definition) is 5. The van der Waals surface area contributed by atoms with E-state index in [1.165, 1.54) is 24.3 Å². The van der Waals surface area contributed by atoms with Crippen molar-refractivity contribution in [3.8, 4) is 0 Å². The molecule has 0 amide bonds. The second-order valence-corrected chi connectivity index (χ2v) is 6.76. The Hall–Kier alpha value is -2.74. The molecule has 0 aliphatic rings. The number of benzene rings is 2. The van der Waals surface area contributed by atoms with Crippen molar-refractivity contribution in [3.63, 3.8) is 0 Å². The number of carboxylic acid groups (broad SMARTS) is 1. The fourth-order valence-corrected chi connectivity index (χ4v) is 3.35. The molecule has 0 aromatic heterocycles. The summed E-state index contributed by atoms with van der Waals surface area (Å²) in [5.74, 6) is -0.846. The lowest BCUT2D eigenvalue weighted by atomic mass is 10.1. The summed E-state index contributed by atoms with van der Waals surface area (Å²) in [5.41, 5.74) is 1.10. The van der Waals surface area contributed by atoms with Gasteiger partial charge in [0, 0.05) is 12.1 Å². The molecule has 0 radical (unpaired) electrons. The highest BCUT2D eigenvalue weighted by Crippen LogP contribution is 2.25. The quantitative estimate of drug-likeness (QED) is 0.711. The van der Waals surface area contributed by atoms with Crippen LogP contribution >= 0.6 is 0 Å². The largest absolute Gasteiger partial charge is 0.481 e. The Morgan fingerprint density at radius 1 is 1.08 bits per heavy atom. The molecule has 24 heavy (non-hydrogen) atoms. The summed E-state index contributed by atoms with van der Waals surface area (Å²) < 4.78 is 27.1. The van der Waals surface area contributed by atoms with Crippen LogP contribution in [0.25, 0.3) is 0 Å². The minimum Gasteiger partial charge on any atom is -0.481 e. The van der Waals surface area contributed by atoms with Crippen molar-refractivity contribution in [2.45, 2.75) is 24.2 Å². The number of anilines is 1. The number of hydrogen-bond donors (Lipinski definition) is 2. The summed E-state index contributed by atoms with van der Waals surface area (Å²) in [6.45, 7) is 0. The van der Waals surface area contributed by atoms with Crippen LogP contribution in [0.15, 0.2) is 58.6 Å². The van der Waals surface area contributed by atoms with Gasteiger partial charge in [0.15, 0.2) is 0 Å². The second kappa shape index (κ2) is 7.69. The summed E-state index contributed by atoms with van der Waals surface area (Å²) in [6.07, 6.45) is 1.19. The number of nitrogens with zero attached hydrogens (tertiary/aromatic N) is 1. The molecule has 0 saturated carbocycles. The van der Waals surface area contributed by atoms with Gasteiger partial charge in [-0.3, -0.25) is 9.52 Å². The lowest BCUT2D eigenvalue weighted by Gasteiger charge is -2.09. The van der Waals surface area contributed by atoms with Crippen LogP contribution in [0.5, 0.6) is 0 Å². The number of sulfonamides is 1. The summed E-state index contributed by atoms with van der Waals surface area (Å²) in [7, 11) is -3.92. The van der Waals surface area contributed by atoms with Crippen LogP contribution < -0.4 is 4.72 Å². The monoisotopic (exact) mass is 348 g/mol. The summed E-state index contributed by atoms with van der Waals surface area (Å²) in [5, 5.41) is 11.3. The molecule has 7 nitrogen and oxygen atoms in total. The van der Waals surface area contributed by atoms with Crippen LogP contribution in [-0.4, -0.2) is 19.5 Å². The average Bonchev–Trinajstić information content (AvgIpc) is 2.56. The summed E-state index contributed by atoms with van der Waals surface area (Å²) in [6, 6.07) is 12.3. The molecule has 0 spiro atoms. The Labute approximate surface area is 139 Å². The van der Waals surface area contributed by atoms with Crippen molar-refractivity contribution in [1.82, 2.24) is 0 Å². The van der Waals surface area contributed by atoms with Crippen molar-refractivity contribution >= 4 is 27.4 Å². The molecule has 0 aliphatic heterocycles. The van der Waals surface area contributed by atoms with Gasteiger partial charge in [-0.1, -0.05) is 24.3 Å². The third kappa shape index (κ3) is 4.63. The number of rotatable bonds is 8. The highest BCUT2D eigenvalue weighted by Gasteiger charge is 2.18. The van der Waals surface area contributed by atoms with E-state index in [2.05, 4.69) is 9.90 Å². The lowest BCUT2D eigenvalue weighted by molar-refractivity contribution is -0.137. The molecule has 0 unspecified atom stereocenters. The Balaban J connectivity index is 2.10. The molecule has 0 saturated heterocycles. The molecule has 2 aromatic rings. The van der Waals surface area contributed by atoms with Gasteiger partial charge in [0.25, 0.3) is 10.0 Å². The van der Waals surface area contributed by atoms with E-state index in [0.717, 1.165) is 5.56 Å². The first-order valence-electron chi connectivity index (χ1n) is 7.18. The van der Waals surface area contributed by atoms with Crippen LogP contribution in [0.4, 0.5) is 11.4 Å². The molecule has 8 heteroatoms. The minimum absolute atomic E-state index is 0.0872. The van der Waals surface area contributed by atoms with Gasteiger partial charge in [0.05, 0.1) is 0 Å². The van der Waals surface area contributed by atoms with Gasteiger partial charge in [-0.2, -0.15) is 0 Å². The Bertz CT molecular complexity index is 832. The van der Waals surface area contributed by atoms with Crippen molar-refractivity contribution in [2.24, 2.45) is 5.18 Å². The fraction of sp³-hybridized carbons (Fsp3) is 0.188. The van der Waals surface area contributed by atoms with Gasteiger partial charge < -0.3 is 5.11 Å². The SMILES string of the molecule is O=Nc1ccccc1S(=O)(=O)Nc1ccc(CCCC(=O)O)cc1. The van der Waals surface area contributed by atoms with Crippen LogP contribution in [-0.2, 0) is 21.2 Å². The number of carbonyl (C=O) groups is 1. The van der Waals surface area contributed by atoms with Crippen molar-refractivity contribution in [1.29, 1.82) is 0 Å². The van der Waals surface area contributed by atoms with Gasteiger partial charge in [-0.25, -0.2) is 8.42 Å². The van der Waals surface area contributed by atoms with Crippen LogP contribution in [0, 0.1) is 4.91 Å². The first kappa shape index (κ1) is 17.6.